The van der Waals surface area contributed by atoms with Crippen LogP contribution in [0.2, 0.25) is 0 Å². The zero-order chi connectivity index (χ0) is 25.7. The maximum atomic E-state index is 13.6. The van der Waals surface area contributed by atoms with Gasteiger partial charge in [-0.1, -0.05) is 53.0 Å². The number of hydrogen-bond donors (Lipinski definition) is 2. The lowest BCUT2D eigenvalue weighted by molar-refractivity contribution is -0.145. The molecule has 0 bridgehead atoms. The topological polar surface area (TPSA) is 103 Å². The van der Waals surface area contributed by atoms with Gasteiger partial charge in [-0.25, -0.2) is 13.9 Å². The third-order valence-electron chi connectivity index (χ3n) is 6.67. The Bertz CT molecular complexity index is 1210. The molecule has 1 aliphatic rings. The first kappa shape index (κ1) is 30.3. The maximum absolute atomic E-state index is 13.6. The average Bonchev–Trinajstić information content (AvgIpc) is 3.30. The maximum Gasteiger partial charge on any atom is 0.329 e. The van der Waals surface area contributed by atoms with Crippen LogP contribution < -0.4 is 14.8 Å². The van der Waals surface area contributed by atoms with Crippen molar-refractivity contribution in [1.82, 2.24) is 15.1 Å². The van der Waals surface area contributed by atoms with E-state index in [1.807, 2.05) is 0 Å². The third-order valence-corrected chi connectivity index (χ3v) is 6.67. The molecule has 0 saturated heterocycles. The Morgan fingerprint density at radius 1 is 0.947 bits per heavy atom. The minimum absolute atomic E-state index is 0. The molecule has 0 atom stereocenters. The minimum atomic E-state index is -1.35. The minimum Gasteiger partial charge on any atom is -0.496 e. The molecule has 0 radical (unpaired) electrons. The standard InChI is InChI=1S/C27H30FN3O5.2CH4/c1-35-22-9-8-10-23(36-2)24(22)21-17-20(30-31(21)19-13-11-18(28)12-14-19)25(32)29-27(26(33)34)15-6-4-3-5-7-16-27;;/h8-14,17H,3-7,15-16H2,1-2H3,(H,29,32)(H,33,34);2*1H4. The highest BCUT2D eigenvalue weighted by molar-refractivity contribution is 5.97. The molecule has 3 aromatic rings. The second kappa shape index (κ2) is 13.1. The van der Waals surface area contributed by atoms with E-state index in [9.17, 15) is 19.1 Å². The van der Waals surface area contributed by atoms with Crippen LogP contribution in [0.25, 0.3) is 16.9 Å². The molecule has 0 spiro atoms. The number of hydrogen-bond acceptors (Lipinski definition) is 5. The molecule has 4 rings (SSSR count). The van der Waals surface area contributed by atoms with Gasteiger partial charge in [-0.3, -0.25) is 4.79 Å². The van der Waals surface area contributed by atoms with Crippen LogP contribution in [0.4, 0.5) is 4.39 Å². The number of methoxy groups -OCH3 is 2. The average molecular weight is 528 g/mol. The Morgan fingerprint density at radius 2 is 1.50 bits per heavy atom. The summed E-state index contributed by atoms with van der Waals surface area (Å²) in [6.07, 6.45) is 5.10. The quantitative estimate of drug-likeness (QED) is 0.376. The van der Waals surface area contributed by atoms with Crippen molar-refractivity contribution in [3.63, 3.8) is 0 Å². The molecule has 8 nitrogen and oxygen atoms in total. The molecular formula is C29H38FN3O5. The van der Waals surface area contributed by atoms with Gasteiger partial charge in [-0.2, -0.15) is 5.10 Å². The predicted molar refractivity (Wildman–Crippen MR) is 146 cm³/mol. The second-order valence-electron chi connectivity index (χ2n) is 8.95. The van der Waals surface area contributed by atoms with Crippen molar-refractivity contribution in [2.24, 2.45) is 0 Å². The van der Waals surface area contributed by atoms with Crippen LogP contribution >= 0.6 is 0 Å². The number of carboxylic acids is 1. The molecule has 1 aromatic heterocycles. The number of nitrogens with one attached hydrogen (secondary N) is 1. The van der Waals surface area contributed by atoms with Crippen molar-refractivity contribution in [2.45, 2.75) is 65.3 Å². The largest absolute Gasteiger partial charge is 0.496 e. The lowest BCUT2D eigenvalue weighted by atomic mass is 9.83. The molecule has 2 aromatic carbocycles. The molecule has 206 valence electrons. The number of carboxylic acid groups (broad SMARTS) is 1. The number of aliphatic carboxylic acids is 1. The third kappa shape index (κ3) is 6.15. The van der Waals surface area contributed by atoms with E-state index in [2.05, 4.69) is 10.4 Å². The molecular weight excluding hydrogens is 489 g/mol. The first-order valence-electron chi connectivity index (χ1n) is 12.0. The van der Waals surface area contributed by atoms with E-state index in [0.717, 1.165) is 32.1 Å². The predicted octanol–water partition coefficient (Wildman–Crippen LogP) is 6.27. The Hall–Kier alpha value is -3.88. The number of carbonyl (C=O) groups excluding carboxylic acids is 1. The lowest BCUT2D eigenvalue weighted by Crippen LogP contribution is -2.54. The van der Waals surface area contributed by atoms with E-state index >= 15 is 0 Å². The van der Waals surface area contributed by atoms with Crippen molar-refractivity contribution >= 4 is 11.9 Å². The number of rotatable bonds is 7. The Morgan fingerprint density at radius 3 is 2.03 bits per heavy atom. The molecule has 1 heterocycles. The van der Waals surface area contributed by atoms with Gasteiger partial charge in [0.2, 0.25) is 0 Å². The van der Waals surface area contributed by atoms with Gasteiger partial charge in [0.15, 0.2) is 5.69 Å². The van der Waals surface area contributed by atoms with Crippen LogP contribution in [-0.2, 0) is 4.79 Å². The van der Waals surface area contributed by atoms with E-state index in [4.69, 9.17) is 9.47 Å². The van der Waals surface area contributed by atoms with Gasteiger partial charge >= 0.3 is 5.97 Å². The number of carbonyl (C=O) groups is 2. The fraction of sp³-hybridized carbons (Fsp3) is 0.414. The number of halogens is 1. The summed E-state index contributed by atoms with van der Waals surface area (Å²) in [5.74, 6) is -1.05. The summed E-state index contributed by atoms with van der Waals surface area (Å²) in [5.41, 5.74) is 0.224. The first-order chi connectivity index (χ1) is 17.4. The number of amides is 1. The first-order valence-corrected chi connectivity index (χ1v) is 12.0. The van der Waals surface area contributed by atoms with E-state index in [1.165, 1.54) is 31.0 Å². The Labute approximate surface area is 223 Å². The van der Waals surface area contributed by atoms with Crippen molar-refractivity contribution in [3.8, 4) is 28.4 Å². The molecule has 0 aliphatic heterocycles. The molecule has 1 fully saturated rings. The molecule has 2 N–H and O–H groups in total. The molecule has 38 heavy (non-hydrogen) atoms. The summed E-state index contributed by atoms with van der Waals surface area (Å²) in [6, 6.07) is 12.5. The highest BCUT2D eigenvalue weighted by Gasteiger charge is 2.40. The molecule has 9 heteroatoms. The summed E-state index contributed by atoms with van der Waals surface area (Å²) in [4.78, 5) is 25.8. The molecule has 1 saturated carbocycles. The Kier molecular flexibility index (Phi) is 10.4. The lowest BCUT2D eigenvalue weighted by Gasteiger charge is -2.32. The SMILES string of the molecule is C.C.COc1cccc(OC)c1-c1cc(C(=O)NC2(C(=O)O)CCCCCCC2)nn1-c1ccc(F)cc1. The van der Waals surface area contributed by atoms with Crippen molar-refractivity contribution in [1.29, 1.82) is 0 Å². The van der Waals surface area contributed by atoms with Gasteiger partial charge in [0.25, 0.3) is 5.91 Å². The van der Waals surface area contributed by atoms with Gasteiger partial charge in [-0.05, 0) is 55.3 Å². The number of aromatic nitrogens is 2. The van der Waals surface area contributed by atoms with Crippen LogP contribution in [-0.4, -0.2) is 46.5 Å². The van der Waals surface area contributed by atoms with Gasteiger partial charge in [0.1, 0.15) is 22.9 Å². The van der Waals surface area contributed by atoms with Gasteiger partial charge in [0.05, 0.1) is 31.2 Å². The summed E-state index contributed by atoms with van der Waals surface area (Å²) in [6.45, 7) is 0. The monoisotopic (exact) mass is 527 g/mol. The van der Waals surface area contributed by atoms with Crippen molar-refractivity contribution in [2.75, 3.05) is 14.2 Å². The van der Waals surface area contributed by atoms with E-state index in [0.29, 0.717) is 41.3 Å². The summed E-state index contributed by atoms with van der Waals surface area (Å²) >= 11 is 0. The summed E-state index contributed by atoms with van der Waals surface area (Å²) < 4.78 is 26.3. The highest BCUT2D eigenvalue weighted by Crippen LogP contribution is 2.39. The number of nitrogens with zero attached hydrogens (tertiary/aromatic N) is 2. The van der Waals surface area contributed by atoms with Gasteiger partial charge in [-0.15, -0.1) is 0 Å². The van der Waals surface area contributed by atoms with Crippen LogP contribution in [0.3, 0.4) is 0 Å². The highest BCUT2D eigenvalue weighted by atomic mass is 19.1. The normalized spacial score (nSPS) is 14.6. The zero-order valence-corrected chi connectivity index (χ0v) is 20.4. The van der Waals surface area contributed by atoms with Crippen LogP contribution in [0.5, 0.6) is 11.5 Å². The van der Waals surface area contributed by atoms with E-state index in [1.54, 1.807) is 36.4 Å². The number of ether oxygens (including phenoxy) is 2. The molecule has 1 aliphatic carbocycles. The summed E-state index contributed by atoms with van der Waals surface area (Å²) in [7, 11) is 3.05. The van der Waals surface area contributed by atoms with Crippen molar-refractivity contribution < 1.29 is 28.6 Å². The smallest absolute Gasteiger partial charge is 0.329 e. The van der Waals surface area contributed by atoms with E-state index < -0.39 is 23.2 Å². The fourth-order valence-electron chi connectivity index (χ4n) is 4.74. The fourth-order valence-corrected chi connectivity index (χ4v) is 4.74. The second-order valence-corrected chi connectivity index (χ2v) is 8.95. The van der Waals surface area contributed by atoms with Crippen LogP contribution in [0.1, 0.15) is 70.3 Å². The van der Waals surface area contributed by atoms with Crippen molar-refractivity contribution in [3.05, 3.63) is 60.0 Å². The van der Waals surface area contributed by atoms with Crippen LogP contribution in [0, 0.1) is 5.82 Å². The summed E-state index contributed by atoms with van der Waals surface area (Å²) in [5, 5.41) is 17.4. The molecule has 0 unspecified atom stereocenters. The number of benzene rings is 2. The molecule has 1 amide bonds. The van der Waals surface area contributed by atoms with Gasteiger partial charge in [0, 0.05) is 0 Å². The van der Waals surface area contributed by atoms with E-state index in [-0.39, 0.29) is 20.5 Å². The Balaban J connectivity index is 0.00000253. The van der Waals surface area contributed by atoms with Crippen LogP contribution in [0.15, 0.2) is 48.5 Å². The van der Waals surface area contributed by atoms with Gasteiger partial charge < -0.3 is 19.9 Å². The zero-order valence-electron chi connectivity index (χ0n) is 20.4.